The minimum Gasteiger partial charge on any atom is -0.480 e. The maximum atomic E-state index is 12.1. The number of aryl methyl sites for hydroxylation is 1. The molecule has 0 atom stereocenters. The lowest BCUT2D eigenvalue weighted by atomic mass is 10.1. The summed E-state index contributed by atoms with van der Waals surface area (Å²) in [5.74, 6) is -0.900. The first-order valence-electron chi connectivity index (χ1n) is 6.73. The first-order valence-corrected chi connectivity index (χ1v) is 6.73. The summed E-state index contributed by atoms with van der Waals surface area (Å²) in [7, 11) is 0. The molecule has 1 aromatic carbocycles. The van der Waals surface area contributed by atoms with Crippen molar-refractivity contribution in [1.82, 2.24) is 4.90 Å². The van der Waals surface area contributed by atoms with Crippen LogP contribution < -0.4 is 5.73 Å². The highest BCUT2D eigenvalue weighted by Crippen LogP contribution is 2.13. The number of benzene rings is 1. The van der Waals surface area contributed by atoms with Crippen LogP contribution in [0, 0.1) is 5.92 Å². The van der Waals surface area contributed by atoms with Crippen molar-refractivity contribution in [2.24, 2.45) is 5.92 Å². The molecular formula is C15H22N2O3. The van der Waals surface area contributed by atoms with Gasteiger partial charge in [0.05, 0.1) is 0 Å². The maximum absolute atomic E-state index is 12.1. The molecule has 20 heavy (non-hydrogen) atoms. The fourth-order valence-electron chi connectivity index (χ4n) is 2.02. The third-order valence-corrected chi connectivity index (χ3v) is 2.93. The normalized spacial score (nSPS) is 10.6. The Labute approximate surface area is 119 Å². The maximum Gasteiger partial charge on any atom is 0.323 e. The summed E-state index contributed by atoms with van der Waals surface area (Å²) in [6.07, 6.45) is 0.800. The zero-order valence-corrected chi connectivity index (χ0v) is 12.0. The second-order valence-corrected chi connectivity index (χ2v) is 5.26. The number of anilines is 1. The van der Waals surface area contributed by atoms with Gasteiger partial charge in [0.2, 0.25) is 5.91 Å². The Hall–Kier alpha value is -2.04. The van der Waals surface area contributed by atoms with E-state index in [0.29, 0.717) is 18.7 Å². The predicted molar refractivity (Wildman–Crippen MR) is 78.2 cm³/mol. The average Bonchev–Trinajstić information content (AvgIpc) is 2.35. The van der Waals surface area contributed by atoms with Gasteiger partial charge < -0.3 is 15.7 Å². The molecule has 0 saturated heterocycles. The molecule has 0 aliphatic carbocycles. The van der Waals surface area contributed by atoms with E-state index in [1.54, 1.807) is 6.07 Å². The van der Waals surface area contributed by atoms with Crippen LogP contribution in [0.25, 0.3) is 0 Å². The SMILES string of the molecule is CC(C)CN(CC(=O)O)C(=O)CCc1ccccc1N. The Morgan fingerprint density at radius 2 is 1.95 bits per heavy atom. The van der Waals surface area contributed by atoms with Gasteiger partial charge >= 0.3 is 5.97 Å². The number of nitrogen functional groups attached to an aromatic ring is 1. The molecule has 5 nitrogen and oxygen atoms in total. The fourth-order valence-corrected chi connectivity index (χ4v) is 2.02. The molecule has 110 valence electrons. The number of nitrogens with two attached hydrogens (primary N) is 1. The van der Waals surface area contributed by atoms with E-state index < -0.39 is 5.97 Å². The number of para-hydroxylation sites is 1. The molecule has 0 fully saturated rings. The number of carboxylic acids is 1. The van der Waals surface area contributed by atoms with Gasteiger partial charge in [-0.1, -0.05) is 32.0 Å². The van der Waals surface area contributed by atoms with Gasteiger partial charge in [-0.15, -0.1) is 0 Å². The molecule has 0 aliphatic heterocycles. The molecule has 0 spiro atoms. The van der Waals surface area contributed by atoms with Gasteiger partial charge in [0.15, 0.2) is 0 Å². The van der Waals surface area contributed by atoms with Gasteiger partial charge in [0, 0.05) is 18.7 Å². The van der Waals surface area contributed by atoms with Crippen molar-refractivity contribution in [3.8, 4) is 0 Å². The van der Waals surface area contributed by atoms with Crippen LogP contribution in [0.2, 0.25) is 0 Å². The van der Waals surface area contributed by atoms with Crippen LogP contribution in [-0.2, 0) is 16.0 Å². The molecule has 1 rings (SSSR count). The zero-order valence-electron chi connectivity index (χ0n) is 12.0. The molecule has 5 heteroatoms. The largest absolute Gasteiger partial charge is 0.480 e. The van der Waals surface area contributed by atoms with E-state index in [4.69, 9.17) is 10.8 Å². The van der Waals surface area contributed by atoms with E-state index in [-0.39, 0.29) is 24.8 Å². The van der Waals surface area contributed by atoms with Crippen LogP contribution in [0.5, 0.6) is 0 Å². The Morgan fingerprint density at radius 1 is 1.30 bits per heavy atom. The summed E-state index contributed by atoms with van der Waals surface area (Å²) < 4.78 is 0. The Morgan fingerprint density at radius 3 is 2.50 bits per heavy atom. The third kappa shape index (κ3) is 5.30. The second-order valence-electron chi connectivity index (χ2n) is 5.26. The lowest BCUT2D eigenvalue weighted by Gasteiger charge is -2.22. The van der Waals surface area contributed by atoms with Crippen LogP contribution in [0.3, 0.4) is 0 Å². The van der Waals surface area contributed by atoms with Crippen molar-refractivity contribution in [3.05, 3.63) is 29.8 Å². The van der Waals surface area contributed by atoms with Crippen molar-refractivity contribution in [2.75, 3.05) is 18.8 Å². The Balaban J connectivity index is 2.62. The van der Waals surface area contributed by atoms with Crippen LogP contribution in [0.1, 0.15) is 25.8 Å². The lowest BCUT2D eigenvalue weighted by molar-refractivity contribution is -0.144. The minimum absolute atomic E-state index is 0.149. The minimum atomic E-state index is -0.988. The molecule has 0 heterocycles. The van der Waals surface area contributed by atoms with Crippen LogP contribution in [-0.4, -0.2) is 35.0 Å². The van der Waals surface area contributed by atoms with E-state index in [1.165, 1.54) is 4.90 Å². The highest BCUT2D eigenvalue weighted by atomic mass is 16.4. The van der Waals surface area contributed by atoms with Gasteiger partial charge in [0.1, 0.15) is 6.54 Å². The molecule has 0 aromatic heterocycles. The standard InChI is InChI=1S/C15H22N2O3/c1-11(2)9-17(10-15(19)20)14(18)8-7-12-5-3-4-6-13(12)16/h3-6,11H,7-10,16H2,1-2H3,(H,19,20). The van der Waals surface area contributed by atoms with Crippen LogP contribution >= 0.6 is 0 Å². The molecular weight excluding hydrogens is 256 g/mol. The Bertz CT molecular complexity index is 472. The number of hydrogen-bond acceptors (Lipinski definition) is 3. The molecule has 0 bridgehead atoms. The number of aliphatic carboxylic acids is 1. The average molecular weight is 278 g/mol. The fraction of sp³-hybridized carbons (Fsp3) is 0.467. The molecule has 0 unspecified atom stereocenters. The summed E-state index contributed by atoms with van der Waals surface area (Å²) >= 11 is 0. The number of hydrogen-bond donors (Lipinski definition) is 2. The molecule has 0 saturated carbocycles. The highest BCUT2D eigenvalue weighted by Gasteiger charge is 2.17. The number of carbonyl (C=O) groups is 2. The number of carboxylic acid groups (broad SMARTS) is 1. The topological polar surface area (TPSA) is 83.6 Å². The number of nitrogens with zero attached hydrogens (tertiary/aromatic N) is 1. The lowest BCUT2D eigenvalue weighted by Crippen LogP contribution is -2.38. The summed E-state index contributed by atoms with van der Waals surface area (Å²) in [5.41, 5.74) is 7.40. The predicted octanol–water partition coefficient (Wildman–Crippen LogP) is 1.77. The van der Waals surface area contributed by atoms with E-state index in [2.05, 4.69) is 0 Å². The molecule has 1 amide bonds. The highest BCUT2D eigenvalue weighted by molar-refractivity contribution is 5.81. The first kappa shape index (κ1) is 16.0. The quantitative estimate of drug-likeness (QED) is 0.744. The van der Waals surface area contributed by atoms with Gasteiger partial charge in [-0.25, -0.2) is 0 Å². The monoisotopic (exact) mass is 278 g/mol. The number of carbonyl (C=O) groups excluding carboxylic acids is 1. The van der Waals surface area contributed by atoms with Gasteiger partial charge in [-0.3, -0.25) is 9.59 Å². The zero-order chi connectivity index (χ0) is 15.1. The van der Waals surface area contributed by atoms with Crippen LogP contribution in [0.15, 0.2) is 24.3 Å². The summed E-state index contributed by atoms with van der Waals surface area (Å²) in [6, 6.07) is 7.39. The molecule has 1 aromatic rings. The van der Waals surface area contributed by atoms with Gasteiger partial charge in [-0.2, -0.15) is 0 Å². The van der Waals surface area contributed by atoms with Crippen molar-refractivity contribution in [3.63, 3.8) is 0 Å². The van der Waals surface area contributed by atoms with Crippen molar-refractivity contribution >= 4 is 17.6 Å². The first-order chi connectivity index (χ1) is 9.40. The van der Waals surface area contributed by atoms with E-state index in [1.807, 2.05) is 32.0 Å². The molecule has 3 N–H and O–H groups in total. The third-order valence-electron chi connectivity index (χ3n) is 2.93. The van der Waals surface area contributed by atoms with E-state index in [9.17, 15) is 9.59 Å². The Kier molecular flexibility index (Phi) is 6.03. The molecule has 0 radical (unpaired) electrons. The van der Waals surface area contributed by atoms with Gasteiger partial charge in [0.25, 0.3) is 0 Å². The summed E-state index contributed by atoms with van der Waals surface area (Å²) in [5, 5.41) is 8.86. The summed E-state index contributed by atoms with van der Waals surface area (Å²) in [4.78, 5) is 24.3. The smallest absolute Gasteiger partial charge is 0.323 e. The number of rotatable bonds is 7. The molecule has 0 aliphatic rings. The van der Waals surface area contributed by atoms with Gasteiger partial charge in [-0.05, 0) is 24.0 Å². The van der Waals surface area contributed by atoms with Crippen molar-refractivity contribution in [2.45, 2.75) is 26.7 Å². The number of amides is 1. The van der Waals surface area contributed by atoms with E-state index >= 15 is 0 Å². The van der Waals surface area contributed by atoms with Crippen LogP contribution in [0.4, 0.5) is 5.69 Å². The summed E-state index contributed by atoms with van der Waals surface area (Å²) in [6.45, 7) is 4.12. The second kappa shape index (κ2) is 7.53. The van der Waals surface area contributed by atoms with Crippen molar-refractivity contribution < 1.29 is 14.7 Å². The van der Waals surface area contributed by atoms with Crippen molar-refractivity contribution in [1.29, 1.82) is 0 Å². The van der Waals surface area contributed by atoms with E-state index in [0.717, 1.165) is 5.56 Å².